The molecule has 0 aromatic carbocycles. The fourth-order valence-electron chi connectivity index (χ4n) is 2.46. The van der Waals surface area contributed by atoms with E-state index in [0.29, 0.717) is 0 Å². The summed E-state index contributed by atoms with van der Waals surface area (Å²) in [7, 11) is 0. The number of hydrogen-bond acceptors (Lipinski definition) is 9. The van der Waals surface area contributed by atoms with Gasteiger partial charge in [-0.1, -0.05) is 0 Å². The number of aliphatic hydroxyl groups excluding tert-OH is 2. The topological polar surface area (TPSA) is 180 Å². The highest BCUT2D eigenvalue weighted by atomic mass is 16.6. The number of amides is 1. The van der Waals surface area contributed by atoms with Crippen LogP contribution in [0.2, 0.25) is 0 Å². The van der Waals surface area contributed by atoms with Crippen molar-refractivity contribution in [2.24, 2.45) is 5.92 Å². The van der Waals surface area contributed by atoms with Crippen LogP contribution in [0.15, 0.2) is 17.1 Å². The van der Waals surface area contributed by atoms with Gasteiger partial charge in [-0.25, -0.2) is 9.59 Å². The summed E-state index contributed by atoms with van der Waals surface area (Å²) in [5.41, 5.74) is -2.76. The minimum Gasteiger partial charge on any atom is -0.481 e. The zero-order chi connectivity index (χ0) is 20.4. The summed E-state index contributed by atoms with van der Waals surface area (Å²) in [5, 5.41) is 40.4. The van der Waals surface area contributed by atoms with Gasteiger partial charge in [0, 0.05) is 6.20 Å². The molecule has 150 valence electrons. The summed E-state index contributed by atoms with van der Waals surface area (Å²) in [4.78, 5) is 38.1. The Morgan fingerprint density at radius 1 is 1.52 bits per heavy atom. The van der Waals surface area contributed by atoms with Gasteiger partial charge in [0.2, 0.25) is 0 Å². The molecule has 0 spiro atoms. The van der Waals surface area contributed by atoms with Crippen LogP contribution in [0.25, 0.3) is 0 Å². The first kappa shape index (κ1) is 20.8. The molecule has 1 fully saturated rings. The zero-order valence-electron chi connectivity index (χ0n) is 14.6. The van der Waals surface area contributed by atoms with Gasteiger partial charge < -0.3 is 29.9 Å². The van der Waals surface area contributed by atoms with Gasteiger partial charge >= 0.3 is 17.8 Å². The monoisotopic (exact) mass is 387 g/mol. The van der Waals surface area contributed by atoms with Crippen LogP contribution in [0.3, 0.4) is 0 Å². The summed E-state index contributed by atoms with van der Waals surface area (Å²) in [6.45, 7) is 1.68. The van der Waals surface area contributed by atoms with Crippen molar-refractivity contribution in [1.82, 2.24) is 9.55 Å². The molecule has 27 heavy (non-hydrogen) atoms. The normalized spacial score (nSPS) is 28.6. The van der Waals surface area contributed by atoms with Gasteiger partial charge in [0.1, 0.15) is 30.2 Å². The summed E-state index contributed by atoms with van der Waals surface area (Å²) >= 11 is 0. The van der Waals surface area contributed by atoms with Crippen LogP contribution in [0, 0.1) is 5.92 Å². The van der Waals surface area contributed by atoms with Crippen molar-refractivity contribution in [2.45, 2.75) is 37.9 Å². The minimum absolute atomic E-state index is 0.166. The highest BCUT2D eigenvalue weighted by Gasteiger charge is 2.53. The van der Waals surface area contributed by atoms with Gasteiger partial charge in [0.05, 0.1) is 12.5 Å². The Morgan fingerprint density at radius 3 is 2.70 bits per heavy atom. The second kappa shape index (κ2) is 8.00. The van der Waals surface area contributed by atoms with Crippen LogP contribution in [0.1, 0.15) is 20.1 Å². The molecule has 0 saturated carbocycles. The van der Waals surface area contributed by atoms with E-state index < -0.39 is 54.3 Å². The third-order valence-electron chi connectivity index (χ3n) is 4.13. The van der Waals surface area contributed by atoms with Gasteiger partial charge in [0.25, 0.3) is 0 Å². The molecule has 1 amide bonds. The first-order chi connectivity index (χ1) is 12.6. The van der Waals surface area contributed by atoms with E-state index in [-0.39, 0.29) is 12.4 Å². The SMILES string of the molecule is CC(COC(=O)Nc1ccn([C@@H]2O[C@H](CO)[C@@H](O)[C@@]2(C)O)c(=O)n1)C(=O)O. The quantitative estimate of drug-likeness (QED) is 0.386. The molecule has 0 radical (unpaired) electrons. The summed E-state index contributed by atoms with van der Waals surface area (Å²) < 4.78 is 10.9. The smallest absolute Gasteiger partial charge is 0.412 e. The number of anilines is 1. The predicted molar refractivity (Wildman–Crippen MR) is 87.9 cm³/mol. The molecule has 1 aliphatic rings. The number of carboxylic acids is 1. The molecule has 5 N–H and O–H groups in total. The van der Waals surface area contributed by atoms with E-state index in [1.807, 2.05) is 0 Å². The van der Waals surface area contributed by atoms with Crippen LogP contribution in [-0.2, 0) is 14.3 Å². The van der Waals surface area contributed by atoms with Gasteiger partial charge in [0.15, 0.2) is 6.23 Å². The largest absolute Gasteiger partial charge is 0.481 e. The molecule has 0 aliphatic carbocycles. The Balaban J connectivity index is 2.09. The van der Waals surface area contributed by atoms with Crippen molar-refractivity contribution in [3.63, 3.8) is 0 Å². The average Bonchev–Trinajstić information content (AvgIpc) is 2.82. The second-order valence-corrected chi connectivity index (χ2v) is 6.35. The fourth-order valence-corrected chi connectivity index (χ4v) is 2.46. The molecule has 1 saturated heterocycles. The number of nitrogens with zero attached hydrogens (tertiary/aromatic N) is 2. The van der Waals surface area contributed by atoms with Crippen molar-refractivity contribution in [3.05, 3.63) is 22.7 Å². The number of nitrogens with one attached hydrogen (secondary N) is 1. The van der Waals surface area contributed by atoms with Crippen LogP contribution in [-0.4, -0.2) is 73.1 Å². The van der Waals surface area contributed by atoms with E-state index in [2.05, 4.69) is 10.3 Å². The van der Waals surface area contributed by atoms with E-state index in [4.69, 9.17) is 14.6 Å². The molecule has 1 unspecified atom stereocenters. The van der Waals surface area contributed by atoms with E-state index in [1.165, 1.54) is 26.1 Å². The average molecular weight is 387 g/mol. The van der Waals surface area contributed by atoms with Crippen molar-refractivity contribution >= 4 is 17.9 Å². The molecule has 2 heterocycles. The Kier molecular flexibility index (Phi) is 6.15. The first-order valence-electron chi connectivity index (χ1n) is 8.00. The Hall–Kier alpha value is -2.54. The third kappa shape index (κ3) is 4.42. The predicted octanol–water partition coefficient (Wildman–Crippen LogP) is -1.49. The van der Waals surface area contributed by atoms with E-state index in [1.54, 1.807) is 0 Å². The standard InChI is InChI=1S/C15H21N3O9/c1-7(11(21)22)6-26-14(24)17-9-3-4-18(13(23)16-9)12-15(2,25)10(20)8(5-19)27-12/h3-4,7-8,10,12,19-20,25H,5-6H2,1-2H3,(H,21,22)(H,16,17,23,24)/t7?,8-,10-,12-,15-/m1/s1. The highest BCUT2D eigenvalue weighted by Crippen LogP contribution is 2.37. The van der Waals surface area contributed by atoms with Gasteiger partial charge in [-0.2, -0.15) is 4.98 Å². The van der Waals surface area contributed by atoms with Crippen molar-refractivity contribution < 1.29 is 39.5 Å². The molecular formula is C15H21N3O9. The lowest BCUT2D eigenvalue weighted by Crippen LogP contribution is -2.46. The van der Waals surface area contributed by atoms with Gasteiger partial charge in [-0.15, -0.1) is 0 Å². The van der Waals surface area contributed by atoms with Crippen molar-refractivity contribution in [1.29, 1.82) is 0 Å². The molecule has 1 aliphatic heterocycles. The van der Waals surface area contributed by atoms with Crippen molar-refractivity contribution in [2.75, 3.05) is 18.5 Å². The number of aromatic nitrogens is 2. The van der Waals surface area contributed by atoms with Gasteiger partial charge in [-0.3, -0.25) is 14.7 Å². The number of carbonyl (C=O) groups is 2. The second-order valence-electron chi connectivity index (χ2n) is 6.35. The maximum absolute atomic E-state index is 12.2. The molecule has 1 aromatic rings. The summed E-state index contributed by atoms with van der Waals surface area (Å²) in [5.74, 6) is -2.19. The van der Waals surface area contributed by atoms with Crippen LogP contribution in [0.5, 0.6) is 0 Å². The molecule has 12 nitrogen and oxygen atoms in total. The Morgan fingerprint density at radius 2 is 2.19 bits per heavy atom. The number of carbonyl (C=O) groups excluding carboxylic acids is 1. The molecule has 12 heteroatoms. The Bertz CT molecular complexity index is 763. The molecule has 1 aromatic heterocycles. The molecule has 2 rings (SSSR count). The number of aliphatic carboxylic acids is 1. The van der Waals surface area contributed by atoms with Crippen LogP contribution < -0.4 is 11.0 Å². The molecule has 0 bridgehead atoms. The lowest BCUT2D eigenvalue weighted by Gasteiger charge is -2.27. The lowest BCUT2D eigenvalue weighted by atomic mass is 9.96. The minimum atomic E-state index is -1.86. The third-order valence-corrected chi connectivity index (χ3v) is 4.13. The maximum atomic E-state index is 12.2. The summed E-state index contributed by atoms with van der Waals surface area (Å²) in [6, 6.07) is 1.22. The zero-order valence-corrected chi connectivity index (χ0v) is 14.6. The van der Waals surface area contributed by atoms with Crippen LogP contribution >= 0.6 is 0 Å². The Labute approximate surface area is 153 Å². The number of carboxylic acid groups (broad SMARTS) is 1. The van der Waals surface area contributed by atoms with Crippen molar-refractivity contribution in [3.8, 4) is 0 Å². The van der Waals surface area contributed by atoms with Gasteiger partial charge in [-0.05, 0) is 19.9 Å². The molecule has 5 atom stereocenters. The van der Waals surface area contributed by atoms with Crippen LogP contribution in [0.4, 0.5) is 10.6 Å². The van der Waals surface area contributed by atoms with E-state index >= 15 is 0 Å². The van der Waals surface area contributed by atoms with E-state index in [0.717, 1.165) is 4.57 Å². The number of ether oxygens (including phenoxy) is 2. The number of aliphatic hydroxyl groups is 3. The lowest BCUT2D eigenvalue weighted by molar-refractivity contribution is -0.142. The fraction of sp³-hybridized carbons (Fsp3) is 0.600. The number of rotatable bonds is 6. The summed E-state index contributed by atoms with van der Waals surface area (Å²) in [6.07, 6.45) is -3.63. The highest BCUT2D eigenvalue weighted by molar-refractivity contribution is 5.83. The first-order valence-corrected chi connectivity index (χ1v) is 8.00. The van der Waals surface area contributed by atoms with E-state index in [9.17, 15) is 29.7 Å². The number of hydrogen-bond donors (Lipinski definition) is 5. The maximum Gasteiger partial charge on any atom is 0.412 e. The molecular weight excluding hydrogens is 366 g/mol.